The SMILES string of the molecule is Cc1c(C#N)c(NC(=O)CSc2ncnc3ccccc23)n(-c2ccccc2)c1C. The van der Waals surface area contributed by atoms with Gasteiger partial charge in [0.2, 0.25) is 5.91 Å². The van der Waals surface area contributed by atoms with Crippen molar-refractivity contribution in [2.24, 2.45) is 0 Å². The van der Waals surface area contributed by atoms with Crippen molar-refractivity contribution < 1.29 is 4.79 Å². The Morgan fingerprint density at radius 1 is 1.10 bits per heavy atom. The van der Waals surface area contributed by atoms with E-state index in [0.717, 1.165) is 32.9 Å². The molecule has 0 bridgehead atoms. The monoisotopic (exact) mass is 413 g/mol. The normalized spacial score (nSPS) is 10.7. The van der Waals surface area contributed by atoms with Crippen LogP contribution in [0.3, 0.4) is 0 Å². The van der Waals surface area contributed by atoms with Crippen LogP contribution in [0.1, 0.15) is 16.8 Å². The fraction of sp³-hybridized carbons (Fsp3) is 0.130. The number of nitriles is 1. The van der Waals surface area contributed by atoms with E-state index in [0.29, 0.717) is 11.4 Å². The van der Waals surface area contributed by atoms with E-state index in [4.69, 9.17) is 0 Å². The van der Waals surface area contributed by atoms with Gasteiger partial charge in [0, 0.05) is 16.8 Å². The number of carbonyl (C=O) groups excluding carboxylic acids is 1. The van der Waals surface area contributed by atoms with E-state index < -0.39 is 0 Å². The molecule has 0 spiro atoms. The zero-order valence-corrected chi connectivity index (χ0v) is 17.4. The smallest absolute Gasteiger partial charge is 0.235 e. The van der Waals surface area contributed by atoms with Gasteiger partial charge in [-0.25, -0.2) is 9.97 Å². The third-order valence-electron chi connectivity index (χ3n) is 4.94. The van der Waals surface area contributed by atoms with Crippen molar-refractivity contribution in [2.75, 3.05) is 11.1 Å². The van der Waals surface area contributed by atoms with E-state index in [1.54, 1.807) is 0 Å². The average Bonchev–Trinajstić information content (AvgIpc) is 3.01. The largest absolute Gasteiger partial charge is 0.310 e. The molecule has 7 heteroatoms. The summed E-state index contributed by atoms with van der Waals surface area (Å²) in [6, 6.07) is 19.6. The van der Waals surface area contributed by atoms with Gasteiger partial charge in [0.05, 0.1) is 16.8 Å². The molecule has 6 nitrogen and oxygen atoms in total. The molecule has 0 unspecified atom stereocenters. The highest BCUT2D eigenvalue weighted by molar-refractivity contribution is 8.00. The second-order valence-electron chi connectivity index (χ2n) is 6.75. The number of amides is 1. The van der Waals surface area contributed by atoms with E-state index in [2.05, 4.69) is 21.4 Å². The van der Waals surface area contributed by atoms with Crippen molar-refractivity contribution in [3.63, 3.8) is 0 Å². The molecular weight excluding hydrogens is 394 g/mol. The average molecular weight is 414 g/mol. The molecule has 2 heterocycles. The highest BCUT2D eigenvalue weighted by Crippen LogP contribution is 2.30. The molecule has 30 heavy (non-hydrogen) atoms. The van der Waals surface area contributed by atoms with Gasteiger partial charge in [0.1, 0.15) is 23.2 Å². The second kappa shape index (κ2) is 8.39. The zero-order valence-electron chi connectivity index (χ0n) is 16.6. The van der Waals surface area contributed by atoms with E-state index in [1.807, 2.05) is 73.0 Å². The Labute approximate surface area is 178 Å². The Bertz CT molecular complexity index is 1270. The lowest BCUT2D eigenvalue weighted by Gasteiger charge is -2.13. The summed E-state index contributed by atoms with van der Waals surface area (Å²) < 4.78 is 1.91. The molecule has 0 aliphatic carbocycles. The van der Waals surface area contributed by atoms with Gasteiger partial charge >= 0.3 is 0 Å². The first-order chi connectivity index (χ1) is 14.6. The Morgan fingerprint density at radius 2 is 1.83 bits per heavy atom. The van der Waals surface area contributed by atoms with Crippen molar-refractivity contribution in [3.05, 3.63) is 77.7 Å². The van der Waals surface area contributed by atoms with Crippen molar-refractivity contribution in [2.45, 2.75) is 18.9 Å². The van der Waals surface area contributed by atoms with Crippen LogP contribution in [0.4, 0.5) is 5.82 Å². The summed E-state index contributed by atoms with van der Waals surface area (Å²) in [7, 11) is 0. The Hall–Kier alpha value is -3.63. The van der Waals surface area contributed by atoms with E-state index in [1.165, 1.54) is 18.1 Å². The lowest BCUT2D eigenvalue weighted by molar-refractivity contribution is -0.113. The summed E-state index contributed by atoms with van der Waals surface area (Å²) >= 11 is 1.35. The second-order valence-corrected chi connectivity index (χ2v) is 7.71. The highest BCUT2D eigenvalue weighted by atomic mass is 32.2. The van der Waals surface area contributed by atoms with Crippen molar-refractivity contribution in [1.82, 2.24) is 14.5 Å². The fourth-order valence-electron chi connectivity index (χ4n) is 3.36. The number of rotatable bonds is 5. The number of para-hydroxylation sites is 2. The van der Waals surface area contributed by atoms with E-state index >= 15 is 0 Å². The van der Waals surface area contributed by atoms with E-state index in [-0.39, 0.29) is 11.7 Å². The van der Waals surface area contributed by atoms with Crippen molar-refractivity contribution in [3.8, 4) is 11.8 Å². The maximum atomic E-state index is 12.8. The van der Waals surface area contributed by atoms with Crippen LogP contribution in [-0.4, -0.2) is 26.2 Å². The first kappa shape index (κ1) is 19.7. The molecule has 4 aromatic rings. The Morgan fingerprint density at radius 3 is 2.60 bits per heavy atom. The van der Waals surface area contributed by atoms with Gasteiger partial charge < -0.3 is 5.32 Å². The number of carbonyl (C=O) groups is 1. The number of fused-ring (bicyclic) bond motifs is 1. The number of nitrogens with zero attached hydrogens (tertiary/aromatic N) is 4. The summed E-state index contributed by atoms with van der Waals surface area (Å²) in [5, 5.41) is 14.3. The predicted octanol–water partition coefficient (Wildman–Crippen LogP) is 4.64. The number of benzene rings is 2. The first-order valence-corrected chi connectivity index (χ1v) is 10.4. The van der Waals surface area contributed by atoms with Gasteiger partial charge in [0.15, 0.2) is 0 Å². The van der Waals surface area contributed by atoms with E-state index in [9.17, 15) is 10.1 Å². The summed E-state index contributed by atoms with van der Waals surface area (Å²) in [6.07, 6.45) is 1.50. The number of hydrogen-bond donors (Lipinski definition) is 1. The molecule has 2 aromatic carbocycles. The summed E-state index contributed by atoms with van der Waals surface area (Å²) in [5.74, 6) is 0.468. The van der Waals surface area contributed by atoms with Crippen LogP contribution in [0, 0.1) is 25.2 Å². The third kappa shape index (κ3) is 3.65. The van der Waals surface area contributed by atoms with Crippen LogP contribution in [0.25, 0.3) is 16.6 Å². The predicted molar refractivity (Wildman–Crippen MR) is 119 cm³/mol. The maximum Gasteiger partial charge on any atom is 0.235 e. The molecule has 0 aliphatic rings. The minimum atomic E-state index is -0.200. The zero-order chi connectivity index (χ0) is 21.1. The van der Waals surface area contributed by atoms with Crippen molar-refractivity contribution >= 4 is 34.4 Å². The lowest BCUT2D eigenvalue weighted by atomic mass is 10.2. The molecule has 0 aliphatic heterocycles. The van der Waals surface area contributed by atoms with Gasteiger partial charge in [-0.2, -0.15) is 5.26 Å². The Kier molecular flexibility index (Phi) is 5.50. The standard InChI is InChI=1S/C23H19N5OS/c1-15-16(2)28(17-8-4-3-5-9-17)22(19(15)12-24)27-21(29)13-30-23-18-10-6-7-11-20(18)25-14-26-23/h3-11,14H,13H2,1-2H3,(H,27,29). The molecule has 0 atom stereocenters. The van der Waals surface area contributed by atoms with Crippen molar-refractivity contribution in [1.29, 1.82) is 5.26 Å². The minimum Gasteiger partial charge on any atom is -0.310 e. The molecule has 0 saturated carbocycles. The molecule has 0 radical (unpaired) electrons. The van der Waals surface area contributed by atoms with Gasteiger partial charge in [0.25, 0.3) is 0 Å². The summed E-state index contributed by atoms with van der Waals surface area (Å²) in [6.45, 7) is 3.84. The van der Waals surface area contributed by atoms with Gasteiger partial charge in [-0.3, -0.25) is 9.36 Å². The number of thioether (sulfide) groups is 1. The molecule has 4 rings (SSSR count). The minimum absolute atomic E-state index is 0.171. The van der Waals surface area contributed by atoms with Crippen LogP contribution in [0.15, 0.2) is 66.0 Å². The van der Waals surface area contributed by atoms with Crippen LogP contribution in [0.2, 0.25) is 0 Å². The molecule has 148 valence electrons. The van der Waals surface area contributed by atoms with Crippen LogP contribution >= 0.6 is 11.8 Å². The summed E-state index contributed by atoms with van der Waals surface area (Å²) in [5.41, 5.74) is 3.98. The number of hydrogen-bond acceptors (Lipinski definition) is 5. The maximum absolute atomic E-state index is 12.8. The number of nitrogens with one attached hydrogen (secondary N) is 1. The van der Waals surface area contributed by atoms with Crippen LogP contribution in [-0.2, 0) is 4.79 Å². The molecule has 1 N–H and O–H groups in total. The number of anilines is 1. The third-order valence-corrected chi connectivity index (χ3v) is 5.95. The van der Waals surface area contributed by atoms with Gasteiger partial charge in [-0.1, -0.05) is 48.2 Å². The molecule has 1 amide bonds. The molecular formula is C23H19N5OS. The topological polar surface area (TPSA) is 83.6 Å². The van der Waals surface area contributed by atoms with Gasteiger partial charge in [-0.15, -0.1) is 0 Å². The van der Waals surface area contributed by atoms with Crippen LogP contribution in [0.5, 0.6) is 0 Å². The fourth-order valence-corrected chi connectivity index (χ4v) is 4.15. The lowest BCUT2D eigenvalue weighted by Crippen LogP contribution is -2.17. The quantitative estimate of drug-likeness (QED) is 0.381. The van der Waals surface area contributed by atoms with Gasteiger partial charge in [-0.05, 0) is 37.6 Å². The highest BCUT2D eigenvalue weighted by Gasteiger charge is 2.20. The molecule has 2 aromatic heterocycles. The number of aromatic nitrogens is 3. The molecule has 0 saturated heterocycles. The Balaban J connectivity index is 1.60. The summed E-state index contributed by atoms with van der Waals surface area (Å²) in [4.78, 5) is 21.4. The molecule has 0 fully saturated rings. The first-order valence-electron chi connectivity index (χ1n) is 9.40. The van der Waals surface area contributed by atoms with Crippen LogP contribution < -0.4 is 5.32 Å².